The SMILES string of the molecule is O=C(O)CNC(=O)c1c(O)c(C(=O)NCc2ccncc2)c(O)n(Cc2ccccc2Br)c1=O. The summed E-state index contributed by atoms with van der Waals surface area (Å²) in [5.74, 6) is -5.48. The third-order valence-electron chi connectivity index (χ3n) is 4.75. The van der Waals surface area contributed by atoms with Crippen molar-refractivity contribution in [1.82, 2.24) is 20.2 Å². The maximum absolute atomic E-state index is 13.0. The van der Waals surface area contributed by atoms with E-state index in [-0.39, 0.29) is 13.1 Å². The molecular formula is C22H19BrN4O7. The van der Waals surface area contributed by atoms with E-state index in [1.807, 2.05) is 5.32 Å². The van der Waals surface area contributed by atoms with Crippen LogP contribution in [0.5, 0.6) is 11.6 Å². The summed E-state index contributed by atoms with van der Waals surface area (Å²) in [7, 11) is 0. The molecule has 0 saturated heterocycles. The van der Waals surface area contributed by atoms with E-state index in [0.29, 0.717) is 15.6 Å². The summed E-state index contributed by atoms with van der Waals surface area (Å²) in [6, 6.07) is 10.0. The van der Waals surface area contributed by atoms with Crippen molar-refractivity contribution in [3.63, 3.8) is 0 Å². The van der Waals surface area contributed by atoms with Crippen molar-refractivity contribution < 1.29 is 29.7 Å². The smallest absolute Gasteiger partial charge is 0.322 e. The average molecular weight is 531 g/mol. The van der Waals surface area contributed by atoms with E-state index < -0.39 is 52.6 Å². The van der Waals surface area contributed by atoms with Gasteiger partial charge in [-0.3, -0.25) is 28.7 Å². The van der Waals surface area contributed by atoms with Crippen LogP contribution in [0.25, 0.3) is 0 Å². The van der Waals surface area contributed by atoms with Gasteiger partial charge in [-0.2, -0.15) is 0 Å². The molecule has 0 radical (unpaired) electrons. The number of carboxylic acids is 1. The van der Waals surface area contributed by atoms with E-state index in [0.717, 1.165) is 4.57 Å². The summed E-state index contributed by atoms with van der Waals surface area (Å²) in [4.78, 5) is 53.2. The maximum Gasteiger partial charge on any atom is 0.322 e. The van der Waals surface area contributed by atoms with Crippen LogP contribution in [0.1, 0.15) is 31.8 Å². The van der Waals surface area contributed by atoms with E-state index in [2.05, 4.69) is 26.2 Å². The quantitative estimate of drug-likeness (QED) is 0.289. The molecular weight excluding hydrogens is 512 g/mol. The van der Waals surface area contributed by atoms with Crippen molar-refractivity contribution in [1.29, 1.82) is 0 Å². The van der Waals surface area contributed by atoms with Crippen molar-refractivity contribution in [2.45, 2.75) is 13.1 Å². The van der Waals surface area contributed by atoms with Crippen molar-refractivity contribution >= 4 is 33.7 Å². The Bertz CT molecular complexity index is 1310. The molecule has 2 aromatic heterocycles. The molecule has 176 valence electrons. The van der Waals surface area contributed by atoms with Gasteiger partial charge in [-0.1, -0.05) is 34.1 Å². The molecule has 0 fully saturated rings. The number of aliphatic carboxylic acids is 1. The minimum atomic E-state index is -1.38. The lowest BCUT2D eigenvalue weighted by molar-refractivity contribution is -0.135. The molecule has 0 atom stereocenters. The number of hydrogen-bond acceptors (Lipinski definition) is 7. The Morgan fingerprint density at radius 1 is 0.971 bits per heavy atom. The first-order valence-electron chi connectivity index (χ1n) is 9.80. The molecule has 5 N–H and O–H groups in total. The van der Waals surface area contributed by atoms with Gasteiger partial charge in [-0.05, 0) is 29.3 Å². The van der Waals surface area contributed by atoms with Gasteiger partial charge in [0, 0.05) is 23.4 Å². The van der Waals surface area contributed by atoms with Crippen LogP contribution < -0.4 is 16.2 Å². The number of nitrogens with zero attached hydrogens (tertiary/aromatic N) is 2. The molecule has 3 aromatic rings. The molecule has 11 nitrogen and oxygen atoms in total. The predicted octanol–water partition coefficient (Wildman–Crippen LogP) is 1.21. The highest BCUT2D eigenvalue weighted by molar-refractivity contribution is 9.10. The molecule has 0 bridgehead atoms. The maximum atomic E-state index is 13.0. The first-order valence-corrected chi connectivity index (χ1v) is 10.6. The van der Waals surface area contributed by atoms with E-state index in [1.54, 1.807) is 36.4 Å². The fraction of sp³-hybridized carbons (Fsp3) is 0.136. The second-order valence-electron chi connectivity index (χ2n) is 7.02. The van der Waals surface area contributed by atoms with Crippen LogP contribution in [0.2, 0.25) is 0 Å². The van der Waals surface area contributed by atoms with Crippen LogP contribution in [0.15, 0.2) is 58.1 Å². The van der Waals surface area contributed by atoms with Gasteiger partial charge in [0.1, 0.15) is 17.7 Å². The topological polar surface area (TPSA) is 171 Å². The predicted molar refractivity (Wildman–Crippen MR) is 123 cm³/mol. The van der Waals surface area contributed by atoms with E-state index in [4.69, 9.17) is 5.11 Å². The van der Waals surface area contributed by atoms with Gasteiger partial charge < -0.3 is 26.0 Å². The third-order valence-corrected chi connectivity index (χ3v) is 5.53. The zero-order valence-corrected chi connectivity index (χ0v) is 19.1. The van der Waals surface area contributed by atoms with Gasteiger partial charge in [0.25, 0.3) is 17.4 Å². The fourth-order valence-corrected chi connectivity index (χ4v) is 3.48. The summed E-state index contributed by atoms with van der Waals surface area (Å²) >= 11 is 3.33. The molecule has 34 heavy (non-hydrogen) atoms. The number of carboxylic acid groups (broad SMARTS) is 1. The molecule has 2 heterocycles. The van der Waals surface area contributed by atoms with Crippen LogP contribution in [0.3, 0.4) is 0 Å². The molecule has 0 aliphatic heterocycles. The number of halogens is 1. The zero-order chi connectivity index (χ0) is 24.8. The van der Waals surface area contributed by atoms with Crippen molar-refractivity contribution in [2.24, 2.45) is 0 Å². The number of aromatic nitrogens is 2. The molecule has 1 aromatic carbocycles. The second-order valence-corrected chi connectivity index (χ2v) is 7.87. The monoisotopic (exact) mass is 530 g/mol. The van der Waals surface area contributed by atoms with E-state index in [1.165, 1.54) is 12.4 Å². The minimum absolute atomic E-state index is 0.00410. The lowest BCUT2D eigenvalue weighted by Crippen LogP contribution is -2.37. The Morgan fingerprint density at radius 2 is 1.62 bits per heavy atom. The van der Waals surface area contributed by atoms with Crippen LogP contribution >= 0.6 is 15.9 Å². The first-order chi connectivity index (χ1) is 16.2. The molecule has 0 unspecified atom stereocenters. The van der Waals surface area contributed by atoms with Crippen LogP contribution in [0.4, 0.5) is 0 Å². The second kappa shape index (κ2) is 10.6. The van der Waals surface area contributed by atoms with Crippen molar-refractivity contribution in [2.75, 3.05) is 6.54 Å². The van der Waals surface area contributed by atoms with Crippen molar-refractivity contribution in [3.05, 3.63) is 85.9 Å². The number of carbonyl (C=O) groups is 3. The number of hydrogen-bond donors (Lipinski definition) is 5. The van der Waals surface area contributed by atoms with E-state index >= 15 is 0 Å². The number of rotatable bonds is 8. The highest BCUT2D eigenvalue weighted by Crippen LogP contribution is 2.29. The minimum Gasteiger partial charge on any atom is -0.506 e. The number of carbonyl (C=O) groups excluding carboxylic acids is 2. The van der Waals surface area contributed by atoms with Crippen LogP contribution in [0, 0.1) is 0 Å². The Balaban J connectivity index is 2.09. The van der Waals surface area contributed by atoms with Crippen LogP contribution in [-0.4, -0.2) is 49.2 Å². The Hall–Kier alpha value is -4.19. The third kappa shape index (κ3) is 5.41. The van der Waals surface area contributed by atoms with Gasteiger partial charge in [0.05, 0.1) is 6.54 Å². The highest BCUT2D eigenvalue weighted by Gasteiger charge is 2.30. The summed E-state index contributed by atoms with van der Waals surface area (Å²) in [6.07, 6.45) is 3.03. The molecule has 0 spiro atoms. The number of aromatic hydroxyl groups is 2. The molecule has 0 aliphatic rings. The number of benzene rings is 1. The molecule has 2 amide bonds. The lowest BCUT2D eigenvalue weighted by atomic mass is 10.1. The Kier molecular flexibility index (Phi) is 7.64. The van der Waals surface area contributed by atoms with E-state index in [9.17, 15) is 29.4 Å². The first kappa shape index (κ1) is 24.5. The Labute approximate surface area is 200 Å². The molecule has 12 heteroatoms. The van der Waals surface area contributed by atoms with Crippen LogP contribution in [-0.2, 0) is 17.9 Å². The summed E-state index contributed by atoms with van der Waals surface area (Å²) < 4.78 is 1.34. The number of amides is 2. The summed E-state index contributed by atoms with van der Waals surface area (Å²) in [6.45, 7) is -1.08. The van der Waals surface area contributed by atoms with Gasteiger partial charge in [0.15, 0.2) is 5.75 Å². The normalized spacial score (nSPS) is 10.5. The van der Waals surface area contributed by atoms with Crippen molar-refractivity contribution in [3.8, 4) is 11.6 Å². The largest absolute Gasteiger partial charge is 0.506 e. The number of nitrogens with one attached hydrogen (secondary N) is 2. The Morgan fingerprint density at radius 3 is 2.26 bits per heavy atom. The zero-order valence-electron chi connectivity index (χ0n) is 17.5. The summed E-state index contributed by atoms with van der Waals surface area (Å²) in [5.41, 5.74) is -1.49. The van der Waals surface area contributed by atoms with Gasteiger partial charge >= 0.3 is 5.97 Å². The van der Waals surface area contributed by atoms with Gasteiger partial charge in [0.2, 0.25) is 5.88 Å². The average Bonchev–Trinajstić information content (AvgIpc) is 2.81. The standard InChI is InChI=1S/C22H19BrN4O7/c23-14-4-2-1-3-13(14)11-27-21(33)16(19(31)25-9-12-5-7-24-8-6-12)18(30)17(22(27)34)20(32)26-10-15(28)29/h1-8,30,33H,9-11H2,(H,25,31)(H,26,32)(H,28,29). The molecule has 3 rings (SSSR count). The van der Waals surface area contributed by atoms with Gasteiger partial charge in [-0.25, -0.2) is 0 Å². The number of pyridine rings is 2. The summed E-state index contributed by atoms with van der Waals surface area (Å²) in [5, 5.41) is 34.7. The highest BCUT2D eigenvalue weighted by atomic mass is 79.9. The fourth-order valence-electron chi connectivity index (χ4n) is 3.07. The lowest BCUT2D eigenvalue weighted by Gasteiger charge is -2.17. The molecule has 0 saturated carbocycles. The molecule has 0 aliphatic carbocycles. The van der Waals surface area contributed by atoms with Gasteiger partial charge in [-0.15, -0.1) is 0 Å².